The molecule has 1 heterocycles. The van der Waals surface area contributed by atoms with Crippen molar-refractivity contribution in [3.63, 3.8) is 0 Å². The molecule has 0 fully saturated rings. The molecule has 6 heteroatoms. The second kappa shape index (κ2) is 5.95. The third kappa shape index (κ3) is 2.69. The summed E-state index contributed by atoms with van der Waals surface area (Å²) in [5.41, 5.74) is 0. The Hall–Kier alpha value is -1.43. The van der Waals surface area contributed by atoms with Gasteiger partial charge in [0.1, 0.15) is 0 Å². The quantitative estimate of drug-likeness (QED) is 0.843. The molecule has 0 bridgehead atoms. The Bertz CT molecular complexity index is 532. The monoisotopic (exact) mass is 267 g/mol. The van der Waals surface area contributed by atoms with Crippen molar-refractivity contribution in [2.75, 3.05) is 26.1 Å². The summed E-state index contributed by atoms with van der Waals surface area (Å²) in [6.07, 6.45) is -0.332. The minimum Gasteiger partial charge on any atom is -0.363 e. The Morgan fingerprint density at radius 1 is 1.17 bits per heavy atom. The normalized spacial score (nSPS) is 11.1. The van der Waals surface area contributed by atoms with Crippen molar-refractivity contribution in [3.8, 4) is 0 Å². The molecule has 1 aromatic carbocycles. The van der Waals surface area contributed by atoms with Gasteiger partial charge < -0.3 is 14.8 Å². The molecule has 0 unspecified atom stereocenters. The summed E-state index contributed by atoms with van der Waals surface area (Å²) in [5.74, 6) is 0.661. The van der Waals surface area contributed by atoms with E-state index in [1.807, 2.05) is 24.3 Å². The third-order valence-electron chi connectivity index (χ3n) is 2.60. The maximum Gasteiger partial charge on any atom is 0.173 e. The van der Waals surface area contributed by atoms with Gasteiger partial charge >= 0.3 is 0 Å². The highest BCUT2D eigenvalue weighted by atomic mass is 35.5. The zero-order valence-corrected chi connectivity index (χ0v) is 10.9. The van der Waals surface area contributed by atoms with Crippen molar-refractivity contribution in [1.29, 1.82) is 0 Å². The number of rotatable bonds is 5. The van der Waals surface area contributed by atoms with Crippen molar-refractivity contribution < 1.29 is 9.47 Å². The van der Waals surface area contributed by atoms with Crippen LogP contribution in [0.15, 0.2) is 24.3 Å². The van der Waals surface area contributed by atoms with Gasteiger partial charge in [-0.2, -0.15) is 0 Å². The molecule has 18 heavy (non-hydrogen) atoms. The highest BCUT2D eigenvalue weighted by Gasteiger charge is 2.09. The van der Waals surface area contributed by atoms with Crippen LogP contribution in [0.5, 0.6) is 0 Å². The first kappa shape index (κ1) is 13.0. The summed E-state index contributed by atoms with van der Waals surface area (Å²) in [7, 11) is 3.17. The van der Waals surface area contributed by atoms with E-state index >= 15 is 0 Å². The number of fused-ring (bicyclic) bond motifs is 1. The lowest BCUT2D eigenvalue weighted by molar-refractivity contribution is -0.0914. The van der Waals surface area contributed by atoms with E-state index in [1.165, 1.54) is 0 Å². The van der Waals surface area contributed by atoms with E-state index in [0.29, 0.717) is 17.5 Å². The van der Waals surface area contributed by atoms with Gasteiger partial charge in [0, 0.05) is 25.0 Å². The molecule has 0 amide bonds. The van der Waals surface area contributed by atoms with Crippen LogP contribution in [0.4, 0.5) is 5.82 Å². The summed E-state index contributed by atoms with van der Waals surface area (Å²) in [6, 6.07) is 7.68. The molecule has 5 nitrogen and oxygen atoms in total. The molecule has 2 rings (SSSR count). The van der Waals surface area contributed by atoms with Crippen LogP contribution in [0.3, 0.4) is 0 Å². The maximum atomic E-state index is 6.00. The zero-order valence-electron chi connectivity index (χ0n) is 10.2. The minimum absolute atomic E-state index is 0.332. The topological polar surface area (TPSA) is 56.3 Å². The number of halogens is 1. The number of nitrogens with one attached hydrogen (secondary N) is 1. The zero-order chi connectivity index (χ0) is 13.0. The molecular weight excluding hydrogens is 254 g/mol. The molecule has 0 aliphatic heterocycles. The number of ether oxygens (including phenoxy) is 2. The molecule has 0 saturated carbocycles. The predicted molar refractivity (Wildman–Crippen MR) is 70.8 cm³/mol. The van der Waals surface area contributed by atoms with Gasteiger partial charge in [-0.25, -0.2) is 0 Å². The van der Waals surface area contributed by atoms with Gasteiger partial charge in [-0.15, -0.1) is 10.2 Å². The van der Waals surface area contributed by atoms with Crippen LogP contribution in [0.2, 0.25) is 5.15 Å². The van der Waals surface area contributed by atoms with Gasteiger partial charge in [-0.3, -0.25) is 0 Å². The number of aromatic nitrogens is 2. The first-order valence-electron chi connectivity index (χ1n) is 5.46. The third-order valence-corrected chi connectivity index (χ3v) is 2.88. The average Bonchev–Trinajstić information content (AvgIpc) is 2.42. The Morgan fingerprint density at radius 2 is 1.83 bits per heavy atom. The highest BCUT2D eigenvalue weighted by molar-refractivity contribution is 6.34. The van der Waals surface area contributed by atoms with Gasteiger partial charge in [-0.05, 0) is 0 Å². The molecule has 0 radical (unpaired) electrons. The van der Waals surface area contributed by atoms with E-state index in [4.69, 9.17) is 21.1 Å². The van der Waals surface area contributed by atoms with Crippen molar-refractivity contribution in [2.24, 2.45) is 0 Å². The van der Waals surface area contributed by atoms with Gasteiger partial charge in [-0.1, -0.05) is 35.9 Å². The minimum atomic E-state index is -0.332. The van der Waals surface area contributed by atoms with Crippen LogP contribution in [0, 0.1) is 0 Å². The summed E-state index contributed by atoms with van der Waals surface area (Å²) >= 11 is 6.00. The number of anilines is 1. The molecule has 0 spiro atoms. The Morgan fingerprint density at radius 3 is 2.50 bits per heavy atom. The average molecular weight is 268 g/mol. The van der Waals surface area contributed by atoms with Crippen LogP contribution in [0.25, 0.3) is 10.8 Å². The summed E-state index contributed by atoms with van der Waals surface area (Å²) in [4.78, 5) is 0. The van der Waals surface area contributed by atoms with Crippen LogP contribution in [0.1, 0.15) is 0 Å². The summed E-state index contributed by atoms with van der Waals surface area (Å²) in [5, 5.41) is 13.3. The standard InChI is InChI=1S/C12H14ClN3O2/c1-17-10(18-2)7-14-12-9-6-4-3-5-8(9)11(13)15-16-12/h3-6,10H,7H2,1-2H3,(H,14,16). The van der Waals surface area contributed by atoms with Crippen molar-refractivity contribution >= 4 is 28.2 Å². The fourth-order valence-corrected chi connectivity index (χ4v) is 1.85. The lowest BCUT2D eigenvalue weighted by atomic mass is 10.2. The van der Waals surface area contributed by atoms with Crippen molar-refractivity contribution in [3.05, 3.63) is 29.4 Å². The molecule has 0 atom stereocenters. The molecule has 0 saturated heterocycles. The van der Waals surface area contributed by atoms with E-state index in [0.717, 1.165) is 10.8 Å². The SMILES string of the molecule is COC(CNc1nnc(Cl)c2ccccc12)OC. The van der Waals surface area contributed by atoms with E-state index in [9.17, 15) is 0 Å². The van der Waals surface area contributed by atoms with Crippen molar-refractivity contribution in [2.45, 2.75) is 6.29 Å². The molecular formula is C12H14ClN3O2. The summed E-state index contributed by atoms with van der Waals surface area (Å²) in [6.45, 7) is 0.479. The molecule has 1 N–H and O–H groups in total. The van der Waals surface area contributed by atoms with Gasteiger partial charge in [0.15, 0.2) is 17.3 Å². The first-order valence-corrected chi connectivity index (χ1v) is 5.84. The number of nitrogens with zero attached hydrogens (tertiary/aromatic N) is 2. The molecule has 0 aliphatic carbocycles. The van der Waals surface area contributed by atoms with E-state index in [2.05, 4.69) is 15.5 Å². The lowest BCUT2D eigenvalue weighted by Crippen LogP contribution is -2.24. The second-order valence-corrected chi connectivity index (χ2v) is 4.02. The number of hydrogen-bond donors (Lipinski definition) is 1. The predicted octanol–water partition coefficient (Wildman–Crippen LogP) is 2.31. The molecule has 96 valence electrons. The smallest absolute Gasteiger partial charge is 0.173 e. The van der Waals surface area contributed by atoms with Crippen LogP contribution < -0.4 is 5.32 Å². The maximum absolute atomic E-state index is 6.00. The van der Waals surface area contributed by atoms with Gasteiger partial charge in [0.25, 0.3) is 0 Å². The fourth-order valence-electron chi connectivity index (χ4n) is 1.64. The Labute approximate surface area is 110 Å². The fraction of sp³-hybridized carbons (Fsp3) is 0.333. The van der Waals surface area contributed by atoms with Gasteiger partial charge in [0.2, 0.25) is 0 Å². The Kier molecular flexibility index (Phi) is 4.30. The molecule has 0 aliphatic rings. The van der Waals surface area contributed by atoms with Crippen LogP contribution >= 0.6 is 11.6 Å². The number of hydrogen-bond acceptors (Lipinski definition) is 5. The number of benzene rings is 1. The largest absolute Gasteiger partial charge is 0.363 e. The van der Waals surface area contributed by atoms with Crippen molar-refractivity contribution in [1.82, 2.24) is 10.2 Å². The molecule has 1 aromatic heterocycles. The van der Waals surface area contributed by atoms with Crippen LogP contribution in [-0.4, -0.2) is 37.3 Å². The lowest BCUT2D eigenvalue weighted by Gasteiger charge is -2.15. The van der Waals surface area contributed by atoms with Gasteiger partial charge in [0.05, 0.1) is 6.54 Å². The van der Waals surface area contributed by atoms with Crippen LogP contribution in [-0.2, 0) is 9.47 Å². The van der Waals surface area contributed by atoms with E-state index < -0.39 is 0 Å². The summed E-state index contributed by atoms with van der Waals surface area (Å²) < 4.78 is 10.2. The highest BCUT2D eigenvalue weighted by Crippen LogP contribution is 2.25. The van der Waals surface area contributed by atoms with E-state index in [1.54, 1.807) is 14.2 Å². The van der Waals surface area contributed by atoms with E-state index in [-0.39, 0.29) is 6.29 Å². The number of methoxy groups -OCH3 is 2. The second-order valence-electron chi connectivity index (χ2n) is 3.67. The Balaban J connectivity index is 2.26. The first-order chi connectivity index (χ1) is 8.76. The molecule has 2 aromatic rings.